The fraction of sp³-hybridized carbons (Fsp3) is 0.455. The van der Waals surface area contributed by atoms with Crippen LogP contribution in [0.25, 0.3) is 0 Å². The maximum absolute atomic E-state index is 13.4. The van der Waals surface area contributed by atoms with Crippen molar-refractivity contribution in [1.82, 2.24) is 0 Å². The lowest BCUT2D eigenvalue weighted by Crippen LogP contribution is -2.34. The third kappa shape index (κ3) is 2.20. The summed E-state index contributed by atoms with van der Waals surface area (Å²) in [6.07, 6.45) is 0. The van der Waals surface area contributed by atoms with Gasteiger partial charge in [-0.3, -0.25) is 0 Å². The third-order valence-electron chi connectivity index (χ3n) is 2.80. The highest BCUT2D eigenvalue weighted by atomic mass is 19.2. The molecule has 0 aromatic heterocycles. The Hall–Kier alpha value is -1.21. The Morgan fingerprint density at radius 1 is 0.944 bits per heavy atom. The van der Waals surface area contributed by atoms with Crippen LogP contribution in [0.2, 0.25) is 0 Å². The predicted molar refractivity (Wildman–Crippen MR) is 54.0 cm³/mol. The van der Waals surface area contributed by atoms with Gasteiger partial charge in [0, 0.05) is 23.6 Å². The van der Waals surface area contributed by atoms with Crippen molar-refractivity contribution in [3.8, 4) is 0 Å². The Kier molecular flexibility index (Phi) is 3.97. The zero-order valence-corrected chi connectivity index (χ0v) is 9.70. The van der Waals surface area contributed by atoms with Crippen LogP contribution in [0.5, 0.6) is 0 Å². The summed E-state index contributed by atoms with van der Waals surface area (Å²) in [5.74, 6) is -10.3. The van der Waals surface area contributed by atoms with Crippen molar-refractivity contribution in [1.29, 1.82) is 0 Å². The lowest BCUT2D eigenvalue weighted by molar-refractivity contribution is 0.128. The van der Waals surface area contributed by atoms with Gasteiger partial charge in [-0.25, -0.2) is 22.0 Å². The molecule has 102 valence electrons. The molecule has 0 aliphatic rings. The summed E-state index contributed by atoms with van der Waals surface area (Å²) in [7, 11) is 0. The maximum Gasteiger partial charge on any atom is 0.200 e. The number of hydrogen-bond donors (Lipinski definition) is 2. The van der Waals surface area contributed by atoms with Gasteiger partial charge < -0.3 is 10.8 Å². The van der Waals surface area contributed by atoms with Gasteiger partial charge in [0.05, 0.1) is 0 Å². The summed E-state index contributed by atoms with van der Waals surface area (Å²) < 4.78 is 65.6. The number of halogens is 5. The molecule has 18 heavy (non-hydrogen) atoms. The average molecular weight is 269 g/mol. The van der Waals surface area contributed by atoms with Gasteiger partial charge in [0.15, 0.2) is 23.3 Å². The SMILES string of the molecule is CC(C)(CO)[C@@H](N)c1c(F)c(F)c(F)c(F)c1F. The Morgan fingerprint density at radius 2 is 1.28 bits per heavy atom. The number of aliphatic hydroxyl groups is 1. The molecule has 0 amide bonds. The van der Waals surface area contributed by atoms with E-state index >= 15 is 0 Å². The van der Waals surface area contributed by atoms with Gasteiger partial charge in [0.25, 0.3) is 0 Å². The Labute approximate surface area is 100 Å². The highest BCUT2D eigenvalue weighted by Crippen LogP contribution is 2.35. The Balaban J connectivity index is 3.52. The summed E-state index contributed by atoms with van der Waals surface area (Å²) in [4.78, 5) is 0. The van der Waals surface area contributed by atoms with E-state index in [4.69, 9.17) is 10.8 Å². The molecule has 2 nitrogen and oxygen atoms in total. The van der Waals surface area contributed by atoms with Crippen LogP contribution in [0.15, 0.2) is 0 Å². The van der Waals surface area contributed by atoms with E-state index in [-0.39, 0.29) is 0 Å². The van der Waals surface area contributed by atoms with E-state index in [0.29, 0.717) is 0 Å². The summed E-state index contributed by atoms with van der Waals surface area (Å²) in [5, 5.41) is 9.01. The summed E-state index contributed by atoms with van der Waals surface area (Å²) >= 11 is 0. The summed E-state index contributed by atoms with van der Waals surface area (Å²) in [5.41, 5.74) is 3.12. The molecule has 0 unspecified atom stereocenters. The molecule has 7 heteroatoms. The second kappa shape index (κ2) is 4.81. The normalized spacial score (nSPS) is 13.8. The van der Waals surface area contributed by atoms with Crippen molar-refractivity contribution in [2.45, 2.75) is 19.9 Å². The maximum atomic E-state index is 13.4. The van der Waals surface area contributed by atoms with E-state index in [1.165, 1.54) is 13.8 Å². The molecule has 1 aromatic rings. The van der Waals surface area contributed by atoms with Crippen LogP contribution in [0.1, 0.15) is 25.5 Å². The van der Waals surface area contributed by atoms with Crippen LogP contribution in [-0.4, -0.2) is 11.7 Å². The fourth-order valence-corrected chi connectivity index (χ4v) is 1.38. The third-order valence-corrected chi connectivity index (χ3v) is 2.80. The highest BCUT2D eigenvalue weighted by Gasteiger charge is 2.36. The first-order chi connectivity index (χ1) is 8.15. The van der Waals surface area contributed by atoms with Crippen LogP contribution in [0, 0.1) is 34.5 Å². The highest BCUT2D eigenvalue weighted by molar-refractivity contribution is 5.28. The zero-order chi connectivity index (χ0) is 14.2. The predicted octanol–water partition coefficient (Wildman–Crippen LogP) is 2.40. The van der Waals surface area contributed by atoms with Crippen molar-refractivity contribution in [2.75, 3.05) is 6.61 Å². The molecule has 0 saturated carbocycles. The molecule has 1 rings (SSSR count). The van der Waals surface area contributed by atoms with Gasteiger partial charge in [0.2, 0.25) is 5.82 Å². The van der Waals surface area contributed by atoms with E-state index in [0.717, 1.165) is 0 Å². The van der Waals surface area contributed by atoms with Crippen molar-refractivity contribution in [2.24, 2.45) is 11.1 Å². The minimum atomic E-state index is -2.23. The second-order valence-corrected chi connectivity index (χ2v) is 4.61. The first-order valence-electron chi connectivity index (χ1n) is 5.03. The number of nitrogens with two attached hydrogens (primary N) is 1. The van der Waals surface area contributed by atoms with E-state index in [1.54, 1.807) is 0 Å². The van der Waals surface area contributed by atoms with Gasteiger partial charge in [-0.1, -0.05) is 13.8 Å². The minimum Gasteiger partial charge on any atom is -0.396 e. The van der Waals surface area contributed by atoms with Crippen molar-refractivity contribution in [3.63, 3.8) is 0 Å². The minimum absolute atomic E-state index is 0.576. The van der Waals surface area contributed by atoms with Crippen LogP contribution in [0.3, 0.4) is 0 Å². The van der Waals surface area contributed by atoms with Crippen LogP contribution < -0.4 is 5.73 Å². The van der Waals surface area contributed by atoms with Gasteiger partial charge in [-0.05, 0) is 0 Å². The molecular formula is C11H12F5NO. The van der Waals surface area contributed by atoms with Gasteiger partial charge in [-0.2, -0.15) is 0 Å². The first kappa shape index (κ1) is 14.8. The lowest BCUT2D eigenvalue weighted by atomic mass is 9.81. The van der Waals surface area contributed by atoms with E-state index in [1.807, 2.05) is 0 Å². The van der Waals surface area contributed by atoms with Crippen LogP contribution >= 0.6 is 0 Å². The average Bonchev–Trinajstić information content (AvgIpc) is 2.34. The molecule has 0 radical (unpaired) electrons. The molecule has 1 aromatic carbocycles. The number of rotatable bonds is 3. The second-order valence-electron chi connectivity index (χ2n) is 4.61. The van der Waals surface area contributed by atoms with E-state index < -0.39 is 52.7 Å². The van der Waals surface area contributed by atoms with Crippen LogP contribution in [0.4, 0.5) is 22.0 Å². The zero-order valence-electron chi connectivity index (χ0n) is 9.70. The van der Waals surface area contributed by atoms with Gasteiger partial charge >= 0.3 is 0 Å². The fourth-order valence-electron chi connectivity index (χ4n) is 1.38. The van der Waals surface area contributed by atoms with Gasteiger partial charge in [-0.15, -0.1) is 0 Å². The van der Waals surface area contributed by atoms with Crippen molar-refractivity contribution in [3.05, 3.63) is 34.6 Å². The molecule has 0 bridgehead atoms. The molecule has 0 saturated heterocycles. The topological polar surface area (TPSA) is 46.2 Å². The number of benzene rings is 1. The Bertz CT molecular complexity index is 446. The van der Waals surface area contributed by atoms with E-state index in [2.05, 4.69) is 0 Å². The molecular weight excluding hydrogens is 257 g/mol. The standard InChI is InChI=1S/C11H12F5NO/c1-11(2,3-18)10(17)4-5(12)7(14)9(16)8(15)6(4)13/h10,18H,3,17H2,1-2H3/t10-/m0/s1. The van der Waals surface area contributed by atoms with E-state index in [9.17, 15) is 22.0 Å². The summed E-state index contributed by atoms with van der Waals surface area (Å²) in [6.45, 7) is 2.11. The van der Waals surface area contributed by atoms with Gasteiger partial charge in [0.1, 0.15) is 0 Å². The largest absolute Gasteiger partial charge is 0.396 e. The molecule has 0 aliphatic heterocycles. The van der Waals surface area contributed by atoms with Crippen LogP contribution in [-0.2, 0) is 0 Å². The molecule has 0 heterocycles. The summed E-state index contributed by atoms with van der Waals surface area (Å²) in [6, 6.07) is -1.54. The Morgan fingerprint density at radius 3 is 1.61 bits per heavy atom. The van der Waals surface area contributed by atoms with Crippen molar-refractivity contribution < 1.29 is 27.1 Å². The molecule has 3 N–H and O–H groups in total. The first-order valence-corrected chi connectivity index (χ1v) is 5.03. The molecule has 0 fully saturated rings. The number of aliphatic hydroxyl groups excluding tert-OH is 1. The lowest BCUT2D eigenvalue weighted by Gasteiger charge is -2.30. The molecule has 0 aliphatic carbocycles. The molecule has 1 atom stereocenters. The molecule has 0 spiro atoms. The monoisotopic (exact) mass is 269 g/mol. The quantitative estimate of drug-likeness (QED) is 0.503. The number of hydrogen-bond acceptors (Lipinski definition) is 2. The van der Waals surface area contributed by atoms with Crippen molar-refractivity contribution >= 4 is 0 Å². The smallest absolute Gasteiger partial charge is 0.200 e.